The molecule has 15 heteroatoms. The van der Waals surface area contributed by atoms with Crippen molar-refractivity contribution in [2.24, 2.45) is 0 Å². The van der Waals surface area contributed by atoms with Gasteiger partial charge in [-0.3, -0.25) is 9.59 Å². The molecule has 2 aliphatic heterocycles. The highest BCUT2D eigenvalue weighted by Gasteiger charge is 2.27. The highest BCUT2D eigenvalue weighted by Crippen LogP contribution is 2.31. The molecule has 0 spiro atoms. The minimum Gasteiger partial charge on any atom is -0.477 e. The van der Waals surface area contributed by atoms with E-state index in [9.17, 15) is 23.6 Å². The Morgan fingerprint density at radius 1 is 0.935 bits per heavy atom. The van der Waals surface area contributed by atoms with Crippen molar-refractivity contribution in [2.45, 2.75) is 52.7 Å². The van der Waals surface area contributed by atoms with Gasteiger partial charge in [0.15, 0.2) is 5.82 Å². The number of carboxylic acid groups (broad SMARTS) is 2. The van der Waals surface area contributed by atoms with Crippen LogP contribution in [-0.4, -0.2) is 80.0 Å². The van der Waals surface area contributed by atoms with E-state index in [2.05, 4.69) is 20.2 Å². The average Bonchev–Trinajstić information content (AvgIpc) is 3.57. The summed E-state index contributed by atoms with van der Waals surface area (Å²) in [4.78, 5) is 59.3. The van der Waals surface area contributed by atoms with Gasteiger partial charge in [-0.05, 0) is 39.7 Å². The van der Waals surface area contributed by atoms with Gasteiger partial charge in [-0.25, -0.2) is 23.4 Å². The number of pyridine rings is 2. The molecule has 0 bridgehead atoms. The molecule has 2 saturated heterocycles. The molecule has 244 valence electrons. The number of nitrogens with one attached hydrogen (secondary N) is 1. The van der Waals surface area contributed by atoms with Gasteiger partial charge in [-0.15, -0.1) is 0 Å². The zero-order chi connectivity index (χ0) is 33.3. The zero-order valence-corrected chi connectivity index (χ0v) is 25.7. The molecule has 6 rings (SSSR count). The van der Waals surface area contributed by atoms with Crippen LogP contribution in [0.15, 0.2) is 34.2 Å². The lowest BCUT2D eigenvalue weighted by Crippen LogP contribution is -2.49. The maximum Gasteiger partial charge on any atom is 0.341 e. The van der Waals surface area contributed by atoms with Crippen molar-refractivity contribution in [3.63, 3.8) is 0 Å². The van der Waals surface area contributed by atoms with Crippen molar-refractivity contribution >= 4 is 45.5 Å². The minimum absolute atomic E-state index is 0.0694. The fraction of sp³-hybridized carbons (Fsp3) is 0.419. The Morgan fingerprint density at radius 2 is 1.54 bits per heavy atom. The van der Waals surface area contributed by atoms with Gasteiger partial charge in [0.1, 0.15) is 28.3 Å². The summed E-state index contributed by atoms with van der Waals surface area (Å²) in [5.74, 6) is -3.74. The number of carboxylic acids is 2. The maximum atomic E-state index is 15.2. The van der Waals surface area contributed by atoms with E-state index >= 15 is 4.39 Å². The van der Waals surface area contributed by atoms with Crippen LogP contribution in [0.1, 0.15) is 54.3 Å². The number of anilines is 2. The van der Waals surface area contributed by atoms with Crippen LogP contribution in [0, 0.1) is 11.6 Å². The topological polar surface area (TPSA) is 163 Å². The van der Waals surface area contributed by atoms with E-state index in [1.165, 1.54) is 17.0 Å². The van der Waals surface area contributed by atoms with Crippen molar-refractivity contribution in [3.05, 3.63) is 67.9 Å². The number of aromatic carboxylic acids is 2. The summed E-state index contributed by atoms with van der Waals surface area (Å²) in [6.07, 6.45) is 6.13. The van der Waals surface area contributed by atoms with Gasteiger partial charge < -0.3 is 34.5 Å². The molecular formula is C31H35F2N7O6. The molecule has 1 unspecified atom stereocenters. The number of hydrogen-bond acceptors (Lipinski definition) is 9. The van der Waals surface area contributed by atoms with E-state index in [0.29, 0.717) is 37.8 Å². The number of aromatic nitrogens is 4. The van der Waals surface area contributed by atoms with Crippen LogP contribution in [0.5, 0.6) is 0 Å². The van der Waals surface area contributed by atoms with Gasteiger partial charge >= 0.3 is 11.9 Å². The minimum atomic E-state index is -1.42. The summed E-state index contributed by atoms with van der Waals surface area (Å²) in [6, 6.07) is 1.02. The van der Waals surface area contributed by atoms with Gasteiger partial charge in [-0.2, -0.15) is 4.98 Å². The zero-order valence-electron chi connectivity index (χ0n) is 25.7. The Balaban J connectivity index is 0.000000184. The second-order valence-electron chi connectivity index (χ2n) is 11.2. The fourth-order valence-electron chi connectivity index (χ4n) is 5.93. The quantitative estimate of drug-likeness (QED) is 0.284. The first-order chi connectivity index (χ1) is 22.0. The molecule has 1 aromatic carbocycles. The van der Waals surface area contributed by atoms with E-state index in [-0.39, 0.29) is 40.1 Å². The first-order valence-electron chi connectivity index (χ1n) is 15.1. The maximum absolute atomic E-state index is 15.2. The van der Waals surface area contributed by atoms with Crippen LogP contribution in [-0.2, 0) is 13.1 Å². The summed E-state index contributed by atoms with van der Waals surface area (Å²) in [5.41, 5.74) is -1.92. The monoisotopic (exact) mass is 639 g/mol. The number of aryl methyl sites for hydroxylation is 2. The lowest BCUT2D eigenvalue weighted by molar-refractivity contribution is 0.0684. The average molecular weight is 640 g/mol. The molecule has 3 N–H and O–H groups in total. The molecular weight excluding hydrogens is 604 g/mol. The number of nitrogens with zero attached hydrogens (tertiary/aromatic N) is 6. The SMILES string of the molecule is CCn1cc(C(=O)O)c(=O)c2cc(F)c(N3CCNC(C)C3)c(F)c21.CCn1cc(C(=O)O)c(=O)c2cnc(N3CCCC3)nc21. The number of fused-ring (bicyclic) bond motifs is 2. The second kappa shape index (κ2) is 13.2. The number of hydrogen-bond donors (Lipinski definition) is 3. The summed E-state index contributed by atoms with van der Waals surface area (Å²) < 4.78 is 32.9. The normalized spacial score (nSPS) is 16.5. The van der Waals surface area contributed by atoms with Crippen LogP contribution in [0.2, 0.25) is 0 Å². The number of halogens is 2. The molecule has 0 amide bonds. The van der Waals surface area contributed by atoms with E-state index in [1.807, 2.05) is 13.8 Å². The van der Waals surface area contributed by atoms with Gasteiger partial charge in [0.25, 0.3) is 0 Å². The Kier molecular flexibility index (Phi) is 9.32. The summed E-state index contributed by atoms with van der Waals surface area (Å²) in [6.45, 7) is 9.57. The molecule has 46 heavy (non-hydrogen) atoms. The molecule has 5 heterocycles. The van der Waals surface area contributed by atoms with Crippen molar-refractivity contribution in [1.29, 1.82) is 0 Å². The molecule has 4 aromatic rings. The second-order valence-corrected chi connectivity index (χ2v) is 11.2. The van der Waals surface area contributed by atoms with Crippen LogP contribution in [0.4, 0.5) is 20.4 Å². The third-order valence-electron chi connectivity index (χ3n) is 8.25. The molecule has 0 saturated carbocycles. The predicted molar refractivity (Wildman–Crippen MR) is 168 cm³/mol. The highest BCUT2D eigenvalue weighted by molar-refractivity contribution is 5.94. The van der Waals surface area contributed by atoms with Gasteiger partial charge in [0, 0.05) is 70.4 Å². The van der Waals surface area contributed by atoms with Crippen LogP contribution >= 0.6 is 0 Å². The summed E-state index contributed by atoms with van der Waals surface area (Å²) in [7, 11) is 0. The van der Waals surface area contributed by atoms with Crippen LogP contribution in [0.25, 0.3) is 21.9 Å². The molecule has 0 aliphatic carbocycles. The van der Waals surface area contributed by atoms with Crippen molar-refractivity contribution in [1.82, 2.24) is 24.4 Å². The lowest BCUT2D eigenvalue weighted by Gasteiger charge is -2.34. The molecule has 1 atom stereocenters. The Hall–Kier alpha value is -4.92. The van der Waals surface area contributed by atoms with Crippen LogP contribution < -0.4 is 26.0 Å². The van der Waals surface area contributed by atoms with E-state index in [4.69, 9.17) is 10.2 Å². The predicted octanol–water partition coefficient (Wildman–Crippen LogP) is 2.91. The summed E-state index contributed by atoms with van der Waals surface area (Å²) in [5, 5.41) is 21.5. The molecule has 13 nitrogen and oxygen atoms in total. The van der Waals surface area contributed by atoms with Gasteiger partial charge in [0.05, 0.1) is 16.3 Å². The molecule has 0 radical (unpaired) electrons. The third-order valence-corrected chi connectivity index (χ3v) is 8.25. The largest absolute Gasteiger partial charge is 0.477 e. The number of piperazine rings is 1. The van der Waals surface area contributed by atoms with E-state index in [1.54, 1.807) is 16.4 Å². The molecule has 2 aliphatic rings. The highest BCUT2D eigenvalue weighted by atomic mass is 19.1. The van der Waals surface area contributed by atoms with E-state index in [0.717, 1.165) is 38.2 Å². The molecule has 3 aromatic heterocycles. The van der Waals surface area contributed by atoms with Crippen molar-refractivity contribution in [2.75, 3.05) is 42.5 Å². The molecule has 2 fully saturated rings. The lowest BCUT2D eigenvalue weighted by atomic mass is 10.1. The van der Waals surface area contributed by atoms with E-state index < -0.39 is 40.0 Å². The van der Waals surface area contributed by atoms with Crippen molar-refractivity contribution < 1.29 is 28.6 Å². The fourth-order valence-corrected chi connectivity index (χ4v) is 5.93. The Morgan fingerprint density at radius 3 is 2.13 bits per heavy atom. The van der Waals surface area contributed by atoms with Crippen LogP contribution in [0.3, 0.4) is 0 Å². The first-order valence-corrected chi connectivity index (χ1v) is 15.1. The smallest absolute Gasteiger partial charge is 0.341 e. The number of benzene rings is 1. The summed E-state index contributed by atoms with van der Waals surface area (Å²) >= 11 is 0. The third kappa shape index (κ3) is 6.01. The Bertz CT molecular complexity index is 1950. The standard InChI is InChI=1S/C17H19F2N3O3.C14H16N4O3/c1-3-21-8-11(17(24)25)16(23)10-6-12(18)15(13(19)14(10)21)22-5-4-20-9(2)7-22;1-2-17-8-10(13(20)21)11(19)9-7-15-14(16-12(9)17)18-5-3-4-6-18/h6,8-9,20H,3-5,7H2,1-2H3,(H,24,25);7-8H,2-6H2,1H3,(H,20,21). The van der Waals surface area contributed by atoms with Gasteiger partial charge in [0.2, 0.25) is 16.8 Å². The van der Waals surface area contributed by atoms with Gasteiger partial charge in [-0.1, -0.05) is 0 Å². The first kappa shape index (κ1) is 32.5. The van der Waals surface area contributed by atoms with Crippen molar-refractivity contribution in [3.8, 4) is 0 Å². The number of rotatable bonds is 6. The Labute approximate surface area is 261 Å². The number of carbonyl (C=O) groups is 2.